The van der Waals surface area contributed by atoms with E-state index in [2.05, 4.69) is 5.32 Å². The highest BCUT2D eigenvalue weighted by molar-refractivity contribution is 7.92. The van der Waals surface area contributed by atoms with Gasteiger partial charge in [-0.05, 0) is 51.2 Å². The summed E-state index contributed by atoms with van der Waals surface area (Å²) in [6.45, 7) is 4.23. The summed E-state index contributed by atoms with van der Waals surface area (Å²) in [5.74, 6) is -0.188. The lowest BCUT2D eigenvalue weighted by Gasteiger charge is -2.21. The lowest BCUT2D eigenvalue weighted by Crippen LogP contribution is -2.34. The van der Waals surface area contributed by atoms with Crippen LogP contribution in [0.1, 0.15) is 13.8 Å². The Kier molecular flexibility index (Phi) is 6.39. The zero-order chi connectivity index (χ0) is 19.3. The Morgan fingerprint density at radius 2 is 1.69 bits per heavy atom. The molecule has 0 fully saturated rings. The third-order valence-corrected chi connectivity index (χ3v) is 5.95. The molecule has 0 radical (unpaired) electrons. The highest BCUT2D eigenvalue weighted by Crippen LogP contribution is 2.23. The van der Waals surface area contributed by atoms with Crippen LogP contribution >= 0.6 is 0 Å². The number of likely N-dealkylation sites (N-methyl/N-ethyl adjacent to an activating group) is 1. The molecule has 2 aromatic carbocycles. The molecular formula is C19H25N3O3S. The van der Waals surface area contributed by atoms with Crippen LogP contribution in [-0.2, 0) is 14.8 Å². The average molecular weight is 375 g/mol. The standard InChI is InChI=1S/C19H25N3O3S/c1-15(2)21(3)14-19(23)20-16-9-8-12-18(13-16)26(24,25)22(4)17-10-6-5-7-11-17/h5-13,15H,14H2,1-4H3,(H,20,23). The molecule has 0 bridgehead atoms. The van der Waals surface area contributed by atoms with Gasteiger partial charge in [-0.25, -0.2) is 8.42 Å². The number of hydrogen-bond acceptors (Lipinski definition) is 4. The Balaban J connectivity index is 2.19. The molecule has 0 spiro atoms. The van der Waals surface area contributed by atoms with Gasteiger partial charge in [-0.15, -0.1) is 0 Å². The van der Waals surface area contributed by atoms with E-state index in [4.69, 9.17) is 0 Å². The van der Waals surface area contributed by atoms with Crippen LogP contribution in [0.25, 0.3) is 0 Å². The molecule has 2 rings (SSSR count). The Morgan fingerprint density at radius 1 is 1.04 bits per heavy atom. The second-order valence-electron chi connectivity index (χ2n) is 6.39. The smallest absolute Gasteiger partial charge is 0.264 e. The summed E-state index contributed by atoms with van der Waals surface area (Å²) in [6.07, 6.45) is 0. The molecule has 26 heavy (non-hydrogen) atoms. The van der Waals surface area contributed by atoms with E-state index in [-0.39, 0.29) is 23.4 Å². The quantitative estimate of drug-likeness (QED) is 0.808. The molecule has 0 heterocycles. The molecule has 0 aromatic heterocycles. The Hall–Kier alpha value is -2.38. The minimum Gasteiger partial charge on any atom is -0.325 e. The first-order chi connectivity index (χ1) is 12.2. The molecule has 1 amide bonds. The summed E-state index contributed by atoms with van der Waals surface area (Å²) < 4.78 is 26.9. The van der Waals surface area contributed by atoms with E-state index in [0.29, 0.717) is 11.4 Å². The molecule has 0 aliphatic carbocycles. The Bertz CT molecular complexity index is 851. The zero-order valence-electron chi connectivity index (χ0n) is 15.5. The van der Waals surface area contributed by atoms with E-state index in [1.807, 2.05) is 31.9 Å². The fraction of sp³-hybridized carbons (Fsp3) is 0.316. The van der Waals surface area contributed by atoms with Crippen molar-refractivity contribution >= 4 is 27.3 Å². The molecule has 0 aliphatic rings. The third-order valence-electron chi connectivity index (χ3n) is 4.17. The lowest BCUT2D eigenvalue weighted by molar-refractivity contribution is -0.117. The van der Waals surface area contributed by atoms with Crippen LogP contribution in [0.3, 0.4) is 0 Å². The first-order valence-electron chi connectivity index (χ1n) is 8.36. The van der Waals surface area contributed by atoms with Gasteiger partial charge >= 0.3 is 0 Å². The molecular weight excluding hydrogens is 350 g/mol. The van der Waals surface area contributed by atoms with Gasteiger partial charge in [-0.1, -0.05) is 24.3 Å². The number of nitrogens with one attached hydrogen (secondary N) is 1. The number of carbonyl (C=O) groups is 1. The van der Waals surface area contributed by atoms with Gasteiger partial charge in [0.15, 0.2) is 0 Å². The highest BCUT2D eigenvalue weighted by Gasteiger charge is 2.21. The van der Waals surface area contributed by atoms with Gasteiger partial charge in [0.2, 0.25) is 5.91 Å². The van der Waals surface area contributed by atoms with E-state index in [9.17, 15) is 13.2 Å². The third kappa shape index (κ3) is 4.83. The van der Waals surface area contributed by atoms with Crippen molar-refractivity contribution in [2.24, 2.45) is 0 Å². The summed E-state index contributed by atoms with van der Waals surface area (Å²) >= 11 is 0. The Labute approximate surface area is 155 Å². The van der Waals surface area contributed by atoms with E-state index >= 15 is 0 Å². The molecule has 0 unspecified atom stereocenters. The molecule has 6 nitrogen and oxygen atoms in total. The number of hydrogen-bond donors (Lipinski definition) is 1. The van der Waals surface area contributed by atoms with Crippen LogP contribution in [0, 0.1) is 0 Å². The molecule has 0 saturated heterocycles. The summed E-state index contributed by atoms with van der Waals surface area (Å²) in [7, 11) is -0.347. The molecule has 0 aliphatic heterocycles. The summed E-state index contributed by atoms with van der Waals surface area (Å²) in [6, 6.07) is 15.4. The van der Waals surface area contributed by atoms with Gasteiger partial charge in [0.25, 0.3) is 10.0 Å². The van der Waals surface area contributed by atoms with Gasteiger partial charge in [0, 0.05) is 18.8 Å². The van der Waals surface area contributed by atoms with E-state index < -0.39 is 10.0 Å². The van der Waals surface area contributed by atoms with Crippen molar-refractivity contribution in [1.29, 1.82) is 0 Å². The number of carbonyl (C=O) groups excluding carboxylic acids is 1. The molecule has 7 heteroatoms. The molecule has 0 saturated carbocycles. The van der Waals surface area contributed by atoms with Crippen LogP contribution in [0.15, 0.2) is 59.5 Å². The van der Waals surface area contributed by atoms with E-state index in [1.165, 1.54) is 23.5 Å². The molecule has 140 valence electrons. The number of anilines is 2. The van der Waals surface area contributed by atoms with E-state index in [1.54, 1.807) is 36.4 Å². The zero-order valence-corrected chi connectivity index (χ0v) is 16.3. The maximum Gasteiger partial charge on any atom is 0.264 e. The Morgan fingerprint density at radius 3 is 2.31 bits per heavy atom. The van der Waals surface area contributed by atoms with Crippen molar-refractivity contribution in [2.45, 2.75) is 24.8 Å². The number of para-hydroxylation sites is 1. The number of benzene rings is 2. The van der Waals surface area contributed by atoms with Gasteiger partial charge in [0.05, 0.1) is 17.1 Å². The summed E-state index contributed by atoms with van der Waals surface area (Å²) in [5.41, 5.74) is 1.02. The first kappa shape index (κ1) is 19.9. The molecule has 1 N–H and O–H groups in total. The number of rotatable bonds is 7. The fourth-order valence-corrected chi connectivity index (χ4v) is 3.52. The monoisotopic (exact) mass is 375 g/mol. The fourth-order valence-electron chi connectivity index (χ4n) is 2.28. The first-order valence-corrected chi connectivity index (χ1v) is 9.80. The van der Waals surface area contributed by atoms with Crippen molar-refractivity contribution in [3.63, 3.8) is 0 Å². The van der Waals surface area contributed by atoms with Gasteiger partial charge in [-0.2, -0.15) is 0 Å². The van der Waals surface area contributed by atoms with Crippen LogP contribution in [0.5, 0.6) is 0 Å². The topological polar surface area (TPSA) is 69.7 Å². The van der Waals surface area contributed by atoms with Crippen LogP contribution in [0.2, 0.25) is 0 Å². The average Bonchev–Trinajstić information content (AvgIpc) is 2.61. The van der Waals surface area contributed by atoms with Crippen molar-refractivity contribution < 1.29 is 13.2 Å². The molecule has 0 atom stereocenters. The number of amides is 1. The normalized spacial score (nSPS) is 11.6. The molecule has 2 aromatic rings. The largest absolute Gasteiger partial charge is 0.325 e. The van der Waals surface area contributed by atoms with E-state index in [0.717, 1.165) is 0 Å². The van der Waals surface area contributed by atoms with Crippen molar-refractivity contribution in [3.8, 4) is 0 Å². The second-order valence-corrected chi connectivity index (χ2v) is 8.36. The maximum absolute atomic E-state index is 12.8. The SMILES string of the molecule is CC(C)N(C)CC(=O)Nc1cccc(S(=O)(=O)N(C)c2ccccc2)c1. The predicted molar refractivity (Wildman–Crippen MR) is 105 cm³/mol. The van der Waals surface area contributed by atoms with Crippen molar-refractivity contribution in [2.75, 3.05) is 30.3 Å². The van der Waals surface area contributed by atoms with Crippen molar-refractivity contribution in [1.82, 2.24) is 4.90 Å². The summed E-state index contributed by atoms with van der Waals surface area (Å²) in [5, 5.41) is 2.76. The number of nitrogens with zero attached hydrogens (tertiary/aromatic N) is 2. The highest BCUT2D eigenvalue weighted by atomic mass is 32.2. The van der Waals surface area contributed by atoms with Crippen LogP contribution < -0.4 is 9.62 Å². The minimum atomic E-state index is -3.72. The van der Waals surface area contributed by atoms with Crippen LogP contribution in [0.4, 0.5) is 11.4 Å². The minimum absolute atomic E-state index is 0.124. The number of sulfonamides is 1. The lowest BCUT2D eigenvalue weighted by atomic mass is 10.3. The van der Waals surface area contributed by atoms with Gasteiger partial charge in [0.1, 0.15) is 0 Å². The van der Waals surface area contributed by atoms with Crippen LogP contribution in [-0.4, -0.2) is 45.9 Å². The predicted octanol–water partition coefficient (Wildman–Crippen LogP) is 2.79. The second kappa shape index (κ2) is 8.33. The summed E-state index contributed by atoms with van der Waals surface area (Å²) in [4.78, 5) is 14.2. The van der Waals surface area contributed by atoms with Crippen molar-refractivity contribution in [3.05, 3.63) is 54.6 Å². The maximum atomic E-state index is 12.8. The van der Waals surface area contributed by atoms with Gasteiger partial charge in [-0.3, -0.25) is 14.0 Å². The van der Waals surface area contributed by atoms with Gasteiger partial charge < -0.3 is 5.32 Å².